The molecular formula is C12H14BrClN2S. The molecule has 0 amide bonds. The van der Waals surface area contributed by atoms with Crippen LogP contribution in [0, 0.1) is 6.92 Å². The first-order valence-electron chi connectivity index (χ1n) is 5.53. The number of nitrogens with zero attached hydrogens (tertiary/aromatic N) is 1. The largest absolute Gasteiger partial charge is 0.334 e. The van der Waals surface area contributed by atoms with Crippen molar-refractivity contribution >= 4 is 50.1 Å². The molecule has 1 aliphatic rings. The van der Waals surface area contributed by atoms with Crippen molar-refractivity contribution in [3.8, 4) is 0 Å². The van der Waals surface area contributed by atoms with E-state index in [9.17, 15) is 0 Å². The van der Waals surface area contributed by atoms with E-state index in [1.54, 1.807) is 11.8 Å². The van der Waals surface area contributed by atoms with Crippen molar-refractivity contribution < 1.29 is 0 Å². The number of aliphatic imine (C=N–C) groups is 1. The van der Waals surface area contributed by atoms with E-state index in [2.05, 4.69) is 33.2 Å². The van der Waals surface area contributed by atoms with Gasteiger partial charge in [0.05, 0.1) is 11.7 Å². The summed E-state index contributed by atoms with van der Waals surface area (Å²) in [5.41, 5.74) is 2.04. The second-order valence-corrected chi connectivity index (χ2v) is 6.28. The first-order chi connectivity index (χ1) is 8.10. The van der Waals surface area contributed by atoms with E-state index in [-0.39, 0.29) is 0 Å². The quantitative estimate of drug-likeness (QED) is 0.848. The van der Waals surface area contributed by atoms with E-state index in [1.807, 2.05) is 19.1 Å². The minimum atomic E-state index is 0.446. The molecule has 0 saturated carbocycles. The maximum absolute atomic E-state index is 6.12. The van der Waals surface area contributed by atoms with Crippen LogP contribution in [0.1, 0.15) is 18.9 Å². The molecule has 1 N–H and O–H groups in total. The Kier molecular flexibility index (Phi) is 4.39. The molecular weight excluding hydrogens is 320 g/mol. The van der Waals surface area contributed by atoms with E-state index in [1.165, 1.54) is 0 Å². The molecule has 0 fully saturated rings. The topological polar surface area (TPSA) is 24.4 Å². The molecule has 1 aromatic carbocycles. The fraction of sp³-hybridized carbons (Fsp3) is 0.417. The second-order valence-electron chi connectivity index (χ2n) is 4.01. The van der Waals surface area contributed by atoms with Crippen LogP contribution in [0.5, 0.6) is 0 Å². The third kappa shape index (κ3) is 3.18. The number of hydrogen-bond donors (Lipinski definition) is 1. The first kappa shape index (κ1) is 13.2. The SMILES string of the molecule is CCC1CSC(Nc2cc(Cl)c(C)cc2Br)=N1. The number of rotatable bonds is 2. The predicted molar refractivity (Wildman–Crippen MR) is 81.5 cm³/mol. The molecule has 1 atom stereocenters. The highest BCUT2D eigenvalue weighted by molar-refractivity contribution is 9.10. The van der Waals surface area contributed by atoms with Gasteiger partial charge < -0.3 is 5.32 Å². The van der Waals surface area contributed by atoms with Crippen molar-refractivity contribution in [2.45, 2.75) is 26.3 Å². The Morgan fingerprint density at radius 1 is 1.59 bits per heavy atom. The molecule has 1 aliphatic heterocycles. The van der Waals surface area contributed by atoms with Gasteiger partial charge in [0.15, 0.2) is 5.17 Å². The average molecular weight is 334 g/mol. The number of benzene rings is 1. The fourth-order valence-corrected chi connectivity index (χ4v) is 3.34. The van der Waals surface area contributed by atoms with Gasteiger partial charge in [-0.1, -0.05) is 30.3 Å². The van der Waals surface area contributed by atoms with Crippen LogP contribution in [0.25, 0.3) is 0 Å². The maximum Gasteiger partial charge on any atom is 0.161 e. The van der Waals surface area contributed by atoms with Crippen LogP contribution in [-0.2, 0) is 0 Å². The lowest BCUT2D eigenvalue weighted by molar-refractivity contribution is 0.738. The number of amidine groups is 1. The summed E-state index contributed by atoms with van der Waals surface area (Å²) in [6, 6.07) is 4.40. The lowest BCUT2D eigenvalue weighted by atomic mass is 10.2. The minimum Gasteiger partial charge on any atom is -0.334 e. The van der Waals surface area contributed by atoms with Gasteiger partial charge in [0.2, 0.25) is 0 Å². The van der Waals surface area contributed by atoms with Gasteiger partial charge in [0.25, 0.3) is 0 Å². The highest BCUT2D eigenvalue weighted by Crippen LogP contribution is 2.31. The van der Waals surface area contributed by atoms with Crippen molar-refractivity contribution in [2.75, 3.05) is 11.1 Å². The van der Waals surface area contributed by atoms with E-state index in [4.69, 9.17) is 11.6 Å². The van der Waals surface area contributed by atoms with Crippen LogP contribution >= 0.6 is 39.3 Å². The zero-order valence-corrected chi connectivity index (χ0v) is 12.9. The van der Waals surface area contributed by atoms with E-state index >= 15 is 0 Å². The van der Waals surface area contributed by atoms with Gasteiger partial charge in [-0.25, -0.2) is 0 Å². The number of thioether (sulfide) groups is 1. The number of aryl methyl sites for hydroxylation is 1. The minimum absolute atomic E-state index is 0.446. The zero-order valence-electron chi connectivity index (χ0n) is 9.76. The molecule has 0 saturated heterocycles. The molecule has 0 bridgehead atoms. The van der Waals surface area contributed by atoms with Gasteiger partial charge in [0.1, 0.15) is 0 Å². The summed E-state index contributed by atoms with van der Waals surface area (Å²) in [7, 11) is 0. The van der Waals surface area contributed by atoms with Crippen LogP contribution in [0.2, 0.25) is 5.02 Å². The smallest absolute Gasteiger partial charge is 0.161 e. The predicted octanol–water partition coefficient (Wildman–Crippen LogP) is 4.70. The van der Waals surface area contributed by atoms with E-state index in [0.717, 1.165) is 38.1 Å². The third-order valence-electron chi connectivity index (χ3n) is 2.67. The molecule has 5 heteroatoms. The Labute approximate surface area is 119 Å². The van der Waals surface area contributed by atoms with Gasteiger partial charge in [-0.2, -0.15) is 0 Å². The van der Waals surface area contributed by atoms with Crippen molar-refractivity contribution in [2.24, 2.45) is 4.99 Å². The standard InChI is InChI=1S/C12H14BrClN2S/c1-3-8-6-17-12(15-8)16-11-5-10(14)7(2)4-9(11)13/h4-5,8H,3,6H2,1-2H3,(H,15,16). The monoisotopic (exact) mass is 332 g/mol. The first-order valence-corrected chi connectivity index (χ1v) is 7.69. The summed E-state index contributed by atoms with van der Waals surface area (Å²) < 4.78 is 1.02. The van der Waals surface area contributed by atoms with Gasteiger partial charge >= 0.3 is 0 Å². The molecule has 2 rings (SSSR count). The fourth-order valence-electron chi connectivity index (χ4n) is 1.55. The van der Waals surface area contributed by atoms with Crippen molar-refractivity contribution in [1.82, 2.24) is 0 Å². The Morgan fingerprint density at radius 2 is 2.35 bits per heavy atom. The summed E-state index contributed by atoms with van der Waals surface area (Å²) in [4.78, 5) is 4.60. The second kappa shape index (κ2) is 5.63. The van der Waals surface area contributed by atoms with Crippen LogP contribution in [0.4, 0.5) is 5.69 Å². The molecule has 1 heterocycles. The van der Waals surface area contributed by atoms with Crippen LogP contribution in [0.15, 0.2) is 21.6 Å². The van der Waals surface area contributed by atoms with Crippen molar-refractivity contribution in [3.05, 3.63) is 27.2 Å². The Bertz CT molecular complexity index is 462. The summed E-state index contributed by atoms with van der Waals surface area (Å²) in [5, 5.41) is 5.08. The Hall–Kier alpha value is -0.190. The Balaban J connectivity index is 2.17. The van der Waals surface area contributed by atoms with Gasteiger partial charge in [-0.3, -0.25) is 4.99 Å². The number of nitrogens with one attached hydrogen (secondary N) is 1. The van der Waals surface area contributed by atoms with Crippen molar-refractivity contribution in [1.29, 1.82) is 0 Å². The molecule has 17 heavy (non-hydrogen) atoms. The number of halogens is 2. The number of anilines is 1. The molecule has 0 aliphatic carbocycles. The lowest BCUT2D eigenvalue weighted by Crippen LogP contribution is -2.06. The summed E-state index contributed by atoms with van der Waals surface area (Å²) in [6.45, 7) is 4.15. The molecule has 0 spiro atoms. The molecule has 0 radical (unpaired) electrons. The van der Waals surface area contributed by atoms with Crippen LogP contribution in [0.3, 0.4) is 0 Å². The molecule has 92 valence electrons. The highest BCUT2D eigenvalue weighted by atomic mass is 79.9. The number of hydrogen-bond acceptors (Lipinski definition) is 3. The maximum atomic E-state index is 6.12. The normalized spacial score (nSPS) is 19.3. The summed E-state index contributed by atoms with van der Waals surface area (Å²) in [6.07, 6.45) is 1.09. The average Bonchev–Trinajstić information content (AvgIpc) is 2.73. The lowest BCUT2D eigenvalue weighted by Gasteiger charge is -2.09. The van der Waals surface area contributed by atoms with E-state index < -0.39 is 0 Å². The molecule has 1 aromatic rings. The Morgan fingerprint density at radius 3 is 3.00 bits per heavy atom. The third-order valence-corrected chi connectivity index (χ3v) is 4.77. The zero-order chi connectivity index (χ0) is 12.4. The summed E-state index contributed by atoms with van der Waals surface area (Å²) >= 11 is 11.4. The molecule has 0 aromatic heterocycles. The summed E-state index contributed by atoms with van der Waals surface area (Å²) in [5.74, 6) is 1.07. The van der Waals surface area contributed by atoms with Gasteiger partial charge in [0, 0.05) is 15.2 Å². The van der Waals surface area contributed by atoms with Crippen LogP contribution < -0.4 is 5.32 Å². The van der Waals surface area contributed by atoms with E-state index in [0.29, 0.717) is 6.04 Å². The van der Waals surface area contributed by atoms with Crippen LogP contribution in [-0.4, -0.2) is 17.0 Å². The van der Waals surface area contributed by atoms with Crippen molar-refractivity contribution in [3.63, 3.8) is 0 Å². The highest BCUT2D eigenvalue weighted by Gasteiger charge is 2.17. The van der Waals surface area contributed by atoms with Gasteiger partial charge in [-0.15, -0.1) is 0 Å². The van der Waals surface area contributed by atoms with Gasteiger partial charge in [-0.05, 0) is 47.0 Å². The molecule has 1 unspecified atom stereocenters. The molecule has 2 nitrogen and oxygen atoms in total.